The van der Waals surface area contributed by atoms with Crippen LogP contribution < -0.4 is 4.74 Å². The van der Waals surface area contributed by atoms with Gasteiger partial charge in [-0.2, -0.15) is 0 Å². The van der Waals surface area contributed by atoms with E-state index in [0.29, 0.717) is 13.2 Å². The molecule has 4 nitrogen and oxygen atoms in total. The number of ether oxygens (including phenoxy) is 2. The summed E-state index contributed by atoms with van der Waals surface area (Å²) in [5.74, 6) is 0.897. The molecule has 1 heterocycles. The van der Waals surface area contributed by atoms with Crippen molar-refractivity contribution < 1.29 is 14.6 Å². The molecule has 124 valence electrons. The molecule has 0 bridgehead atoms. The van der Waals surface area contributed by atoms with Gasteiger partial charge in [0.1, 0.15) is 18.5 Å². The normalized spacial score (nSPS) is 24.3. The van der Waals surface area contributed by atoms with Crippen LogP contribution >= 0.6 is 0 Å². The minimum atomic E-state index is -0.488. The summed E-state index contributed by atoms with van der Waals surface area (Å²) in [6.45, 7) is 13.0. The highest BCUT2D eigenvalue weighted by Crippen LogP contribution is 2.24. The smallest absolute Gasteiger partial charge is 0.125 e. The number of β-amino-alcohol motifs (C(OH)–C–C–N with tert-alkyl or cyclic N) is 1. The Kier molecular flexibility index (Phi) is 5.84. The monoisotopic (exact) mass is 307 g/mol. The lowest BCUT2D eigenvalue weighted by molar-refractivity contribution is -0.0787. The van der Waals surface area contributed by atoms with Crippen LogP contribution in [0.3, 0.4) is 0 Å². The first kappa shape index (κ1) is 17.3. The van der Waals surface area contributed by atoms with Crippen molar-refractivity contribution >= 4 is 0 Å². The van der Waals surface area contributed by atoms with Crippen LogP contribution in [0.2, 0.25) is 0 Å². The Balaban J connectivity index is 1.86. The number of aliphatic hydroxyl groups is 1. The van der Waals surface area contributed by atoms with Crippen molar-refractivity contribution in [3.63, 3.8) is 0 Å². The summed E-state index contributed by atoms with van der Waals surface area (Å²) in [7, 11) is 0. The van der Waals surface area contributed by atoms with Gasteiger partial charge in [0.05, 0.1) is 12.2 Å². The van der Waals surface area contributed by atoms with E-state index in [1.54, 1.807) is 0 Å². The first-order valence-electron chi connectivity index (χ1n) is 8.11. The van der Waals surface area contributed by atoms with E-state index >= 15 is 0 Å². The van der Waals surface area contributed by atoms with Crippen LogP contribution in [0.5, 0.6) is 5.75 Å². The molecule has 0 aromatic heterocycles. The number of aliphatic hydroxyl groups excluding tert-OH is 1. The maximum atomic E-state index is 10.3. The van der Waals surface area contributed by atoms with Crippen LogP contribution in [-0.2, 0) is 4.74 Å². The van der Waals surface area contributed by atoms with Crippen molar-refractivity contribution in [3.8, 4) is 5.75 Å². The number of benzene rings is 1. The van der Waals surface area contributed by atoms with E-state index in [9.17, 15) is 5.11 Å². The second-order valence-electron chi connectivity index (χ2n) is 6.67. The average molecular weight is 307 g/mol. The first-order valence-corrected chi connectivity index (χ1v) is 8.11. The van der Waals surface area contributed by atoms with Gasteiger partial charge in [0.25, 0.3) is 0 Å². The van der Waals surface area contributed by atoms with Gasteiger partial charge in [-0.15, -0.1) is 0 Å². The van der Waals surface area contributed by atoms with E-state index in [-0.39, 0.29) is 12.2 Å². The summed E-state index contributed by atoms with van der Waals surface area (Å²) in [4.78, 5) is 2.25. The zero-order valence-electron chi connectivity index (χ0n) is 14.4. The molecule has 0 unspecified atom stereocenters. The van der Waals surface area contributed by atoms with Gasteiger partial charge in [-0.1, -0.05) is 17.7 Å². The van der Waals surface area contributed by atoms with Gasteiger partial charge in [0.2, 0.25) is 0 Å². The molecule has 0 spiro atoms. The minimum Gasteiger partial charge on any atom is -0.490 e. The topological polar surface area (TPSA) is 41.9 Å². The molecule has 0 saturated carbocycles. The van der Waals surface area contributed by atoms with E-state index in [4.69, 9.17) is 9.47 Å². The molecule has 1 fully saturated rings. The molecule has 0 aliphatic carbocycles. The lowest BCUT2D eigenvalue weighted by Gasteiger charge is -2.36. The summed E-state index contributed by atoms with van der Waals surface area (Å²) in [6, 6.07) is 4.22. The number of hydrogen-bond donors (Lipinski definition) is 1. The molecule has 3 atom stereocenters. The molecule has 2 rings (SSSR count). The summed E-state index contributed by atoms with van der Waals surface area (Å²) >= 11 is 0. The third kappa shape index (κ3) is 4.70. The van der Waals surface area contributed by atoms with Crippen molar-refractivity contribution in [3.05, 3.63) is 28.8 Å². The Morgan fingerprint density at radius 3 is 2.27 bits per heavy atom. The van der Waals surface area contributed by atoms with Crippen LogP contribution in [0.1, 0.15) is 30.5 Å². The van der Waals surface area contributed by atoms with Gasteiger partial charge in [0.15, 0.2) is 0 Å². The van der Waals surface area contributed by atoms with E-state index in [2.05, 4.69) is 37.8 Å². The highest BCUT2D eigenvalue weighted by atomic mass is 16.5. The van der Waals surface area contributed by atoms with Crippen molar-refractivity contribution in [2.45, 2.75) is 52.9 Å². The van der Waals surface area contributed by atoms with Crippen molar-refractivity contribution in [2.24, 2.45) is 0 Å². The highest BCUT2D eigenvalue weighted by Gasteiger charge is 2.24. The standard InChI is InChI=1S/C18H29NO3/c1-12-6-13(2)18(14(3)7-12)21-11-17(20)10-19-8-15(4)22-16(5)9-19/h6-7,15-17,20H,8-11H2,1-5H3/t15-,16-,17-/m1/s1. The molecule has 1 saturated heterocycles. The third-order valence-electron chi connectivity index (χ3n) is 3.99. The largest absolute Gasteiger partial charge is 0.490 e. The Morgan fingerprint density at radius 2 is 1.73 bits per heavy atom. The maximum absolute atomic E-state index is 10.3. The maximum Gasteiger partial charge on any atom is 0.125 e. The van der Waals surface area contributed by atoms with Gasteiger partial charge in [-0.25, -0.2) is 0 Å². The van der Waals surface area contributed by atoms with Crippen LogP contribution in [0.4, 0.5) is 0 Å². The third-order valence-corrected chi connectivity index (χ3v) is 3.99. The van der Waals surface area contributed by atoms with Gasteiger partial charge in [-0.05, 0) is 45.7 Å². The second kappa shape index (κ2) is 7.44. The van der Waals surface area contributed by atoms with E-state index in [1.165, 1.54) is 5.56 Å². The fourth-order valence-electron chi connectivity index (χ4n) is 3.36. The summed E-state index contributed by atoms with van der Waals surface area (Å²) < 4.78 is 11.6. The molecule has 1 N–H and O–H groups in total. The van der Waals surface area contributed by atoms with Crippen LogP contribution in [-0.4, -0.2) is 54.6 Å². The summed E-state index contributed by atoms with van der Waals surface area (Å²) in [5, 5.41) is 10.3. The molecule has 0 amide bonds. The zero-order valence-corrected chi connectivity index (χ0v) is 14.4. The van der Waals surface area contributed by atoms with Crippen LogP contribution in [0.15, 0.2) is 12.1 Å². The van der Waals surface area contributed by atoms with Crippen LogP contribution in [0, 0.1) is 20.8 Å². The molecule has 4 heteroatoms. The lowest BCUT2D eigenvalue weighted by Crippen LogP contribution is -2.48. The SMILES string of the molecule is Cc1cc(C)c(OC[C@H](O)CN2C[C@@H](C)O[C@H](C)C2)c(C)c1. The van der Waals surface area contributed by atoms with Crippen molar-refractivity contribution in [1.29, 1.82) is 0 Å². The van der Waals surface area contributed by atoms with Crippen molar-refractivity contribution in [2.75, 3.05) is 26.2 Å². The zero-order chi connectivity index (χ0) is 16.3. The molecular formula is C18H29NO3. The predicted molar refractivity (Wildman–Crippen MR) is 88.6 cm³/mol. The molecule has 1 aliphatic heterocycles. The van der Waals surface area contributed by atoms with Gasteiger partial charge < -0.3 is 14.6 Å². The fraction of sp³-hybridized carbons (Fsp3) is 0.667. The average Bonchev–Trinajstić information content (AvgIpc) is 2.35. The summed E-state index contributed by atoms with van der Waals surface area (Å²) in [5.41, 5.74) is 3.48. The van der Waals surface area contributed by atoms with E-state index < -0.39 is 6.10 Å². The number of morpholine rings is 1. The van der Waals surface area contributed by atoms with Gasteiger partial charge in [0, 0.05) is 19.6 Å². The minimum absolute atomic E-state index is 0.221. The highest BCUT2D eigenvalue weighted by molar-refractivity contribution is 5.42. The molecule has 1 aliphatic rings. The van der Waals surface area contributed by atoms with Crippen LogP contribution in [0.25, 0.3) is 0 Å². The Bertz CT molecular complexity index is 470. The van der Waals surface area contributed by atoms with Gasteiger partial charge >= 0.3 is 0 Å². The summed E-state index contributed by atoms with van der Waals surface area (Å²) in [6.07, 6.45) is -0.0467. The molecule has 1 aromatic rings. The lowest BCUT2D eigenvalue weighted by atomic mass is 10.1. The van der Waals surface area contributed by atoms with Crippen molar-refractivity contribution in [1.82, 2.24) is 4.90 Å². The molecular weight excluding hydrogens is 278 g/mol. The van der Waals surface area contributed by atoms with Gasteiger partial charge in [-0.3, -0.25) is 4.90 Å². The number of rotatable bonds is 5. The quantitative estimate of drug-likeness (QED) is 0.907. The fourth-order valence-corrected chi connectivity index (χ4v) is 3.36. The number of aryl methyl sites for hydroxylation is 3. The predicted octanol–water partition coefficient (Wildman–Crippen LogP) is 2.46. The Labute approximate surface area is 134 Å². The molecule has 22 heavy (non-hydrogen) atoms. The van der Waals surface area contributed by atoms with E-state index in [0.717, 1.165) is 30.0 Å². The number of nitrogens with zero attached hydrogens (tertiary/aromatic N) is 1. The number of hydrogen-bond acceptors (Lipinski definition) is 4. The Hall–Kier alpha value is -1.10. The van der Waals surface area contributed by atoms with E-state index in [1.807, 2.05) is 13.8 Å². The molecule has 0 radical (unpaired) electrons. The first-order chi connectivity index (χ1) is 10.3. The Morgan fingerprint density at radius 1 is 1.18 bits per heavy atom. The second-order valence-corrected chi connectivity index (χ2v) is 6.67. The molecule has 1 aromatic carbocycles.